The zero-order chi connectivity index (χ0) is 14.8. The highest BCUT2D eigenvalue weighted by Crippen LogP contribution is 2.24. The van der Waals surface area contributed by atoms with E-state index in [1.54, 1.807) is 12.4 Å². The third-order valence-electron chi connectivity index (χ3n) is 3.81. The SMILES string of the molecule is CC(C)c1ccc(C(N)c2ccc3nccnc3c2)cc1. The monoisotopic (exact) mass is 277 g/mol. The lowest BCUT2D eigenvalue weighted by atomic mass is 9.95. The molecule has 3 aromatic rings. The van der Waals surface area contributed by atoms with Gasteiger partial charge in [-0.2, -0.15) is 0 Å². The van der Waals surface area contributed by atoms with Gasteiger partial charge in [0.05, 0.1) is 17.1 Å². The fourth-order valence-electron chi connectivity index (χ4n) is 2.45. The van der Waals surface area contributed by atoms with Crippen LogP contribution < -0.4 is 5.73 Å². The van der Waals surface area contributed by atoms with E-state index in [0.717, 1.165) is 22.2 Å². The summed E-state index contributed by atoms with van der Waals surface area (Å²) in [5.41, 5.74) is 11.7. The minimum absolute atomic E-state index is 0.141. The lowest BCUT2D eigenvalue weighted by molar-refractivity contribution is 0.848. The Labute approximate surface area is 124 Å². The molecule has 3 nitrogen and oxygen atoms in total. The molecule has 0 spiro atoms. The summed E-state index contributed by atoms with van der Waals surface area (Å²) in [6, 6.07) is 14.4. The summed E-state index contributed by atoms with van der Waals surface area (Å²) < 4.78 is 0. The number of fused-ring (bicyclic) bond motifs is 1. The van der Waals surface area contributed by atoms with E-state index in [1.165, 1.54) is 5.56 Å². The van der Waals surface area contributed by atoms with E-state index >= 15 is 0 Å². The van der Waals surface area contributed by atoms with E-state index in [4.69, 9.17) is 5.73 Å². The smallest absolute Gasteiger partial charge is 0.0890 e. The van der Waals surface area contributed by atoms with Crippen LogP contribution in [0.2, 0.25) is 0 Å². The van der Waals surface area contributed by atoms with Gasteiger partial charge in [0, 0.05) is 12.4 Å². The Morgan fingerprint density at radius 2 is 1.33 bits per heavy atom. The van der Waals surface area contributed by atoms with Gasteiger partial charge in [-0.05, 0) is 34.7 Å². The lowest BCUT2D eigenvalue weighted by Crippen LogP contribution is -2.12. The molecule has 21 heavy (non-hydrogen) atoms. The summed E-state index contributed by atoms with van der Waals surface area (Å²) in [5, 5.41) is 0. The maximum Gasteiger partial charge on any atom is 0.0890 e. The van der Waals surface area contributed by atoms with Crippen molar-refractivity contribution in [1.29, 1.82) is 0 Å². The maximum absolute atomic E-state index is 6.39. The Morgan fingerprint density at radius 1 is 0.762 bits per heavy atom. The van der Waals surface area contributed by atoms with Crippen LogP contribution in [0.15, 0.2) is 54.9 Å². The lowest BCUT2D eigenvalue weighted by Gasteiger charge is -2.14. The van der Waals surface area contributed by atoms with Crippen molar-refractivity contribution in [2.24, 2.45) is 5.73 Å². The molecule has 0 amide bonds. The van der Waals surface area contributed by atoms with Crippen molar-refractivity contribution in [2.45, 2.75) is 25.8 Å². The number of benzene rings is 2. The van der Waals surface area contributed by atoms with Gasteiger partial charge in [0.25, 0.3) is 0 Å². The van der Waals surface area contributed by atoms with Gasteiger partial charge in [-0.3, -0.25) is 9.97 Å². The number of rotatable bonds is 3. The second kappa shape index (κ2) is 5.62. The van der Waals surface area contributed by atoms with Crippen LogP contribution >= 0.6 is 0 Å². The van der Waals surface area contributed by atoms with Crippen molar-refractivity contribution >= 4 is 11.0 Å². The van der Waals surface area contributed by atoms with Gasteiger partial charge >= 0.3 is 0 Å². The number of aromatic nitrogens is 2. The quantitative estimate of drug-likeness (QED) is 0.792. The predicted octanol–water partition coefficient (Wildman–Crippen LogP) is 3.80. The topological polar surface area (TPSA) is 51.8 Å². The summed E-state index contributed by atoms with van der Waals surface area (Å²) in [6.45, 7) is 4.38. The van der Waals surface area contributed by atoms with Gasteiger partial charge < -0.3 is 5.73 Å². The van der Waals surface area contributed by atoms with Gasteiger partial charge in [0.1, 0.15) is 0 Å². The fourth-order valence-corrected chi connectivity index (χ4v) is 2.45. The molecule has 0 aliphatic rings. The highest BCUT2D eigenvalue weighted by molar-refractivity contribution is 5.74. The Morgan fingerprint density at radius 3 is 2.00 bits per heavy atom. The second-order valence-electron chi connectivity index (χ2n) is 5.60. The fraction of sp³-hybridized carbons (Fsp3) is 0.222. The minimum Gasteiger partial charge on any atom is -0.320 e. The van der Waals surface area contributed by atoms with Gasteiger partial charge in [0.2, 0.25) is 0 Å². The molecular formula is C18H19N3. The van der Waals surface area contributed by atoms with Crippen LogP contribution in [0.3, 0.4) is 0 Å². The Hall–Kier alpha value is -2.26. The summed E-state index contributed by atoms with van der Waals surface area (Å²) in [5.74, 6) is 0.534. The molecule has 0 saturated heterocycles. The molecule has 0 radical (unpaired) electrons. The van der Waals surface area contributed by atoms with Crippen LogP contribution in [0.5, 0.6) is 0 Å². The van der Waals surface area contributed by atoms with Gasteiger partial charge in [-0.15, -0.1) is 0 Å². The molecule has 3 heteroatoms. The number of nitrogens with two attached hydrogens (primary N) is 1. The number of hydrogen-bond donors (Lipinski definition) is 1. The molecule has 1 aromatic heterocycles. The van der Waals surface area contributed by atoms with E-state index in [2.05, 4.69) is 48.1 Å². The highest BCUT2D eigenvalue weighted by Gasteiger charge is 2.10. The molecule has 1 atom stereocenters. The first-order valence-electron chi connectivity index (χ1n) is 7.21. The summed E-state index contributed by atoms with van der Waals surface area (Å²) in [4.78, 5) is 8.62. The zero-order valence-electron chi connectivity index (χ0n) is 12.3. The van der Waals surface area contributed by atoms with E-state index in [1.807, 2.05) is 18.2 Å². The van der Waals surface area contributed by atoms with Crippen LogP contribution in [0.4, 0.5) is 0 Å². The first-order valence-corrected chi connectivity index (χ1v) is 7.21. The van der Waals surface area contributed by atoms with E-state index in [-0.39, 0.29) is 6.04 Å². The van der Waals surface area contributed by atoms with Gasteiger partial charge in [-0.1, -0.05) is 44.2 Å². The van der Waals surface area contributed by atoms with Crippen molar-refractivity contribution in [1.82, 2.24) is 9.97 Å². The summed E-state index contributed by atoms with van der Waals surface area (Å²) in [7, 11) is 0. The van der Waals surface area contributed by atoms with Crippen molar-refractivity contribution in [2.75, 3.05) is 0 Å². The summed E-state index contributed by atoms with van der Waals surface area (Å²) >= 11 is 0. The van der Waals surface area contributed by atoms with Gasteiger partial charge in [-0.25, -0.2) is 0 Å². The molecule has 0 saturated carbocycles. The van der Waals surface area contributed by atoms with Crippen LogP contribution in [0.25, 0.3) is 11.0 Å². The molecule has 1 unspecified atom stereocenters. The van der Waals surface area contributed by atoms with E-state index < -0.39 is 0 Å². The van der Waals surface area contributed by atoms with Crippen molar-refractivity contribution in [3.05, 3.63) is 71.5 Å². The molecule has 0 aliphatic carbocycles. The zero-order valence-corrected chi connectivity index (χ0v) is 12.3. The Balaban J connectivity index is 1.93. The molecule has 0 bridgehead atoms. The molecule has 2 N–H and O–H groups in total. The third-order valence-corrected chi connectivity index (χ3v) is 3.81. The Kier molecular flexibility index (Phi) is 3.67. The van der Waals surface area contributed by atoms with Gasteiger partial charge in [0.15, 0.2) is 0 Å². The molecule has 2 aromatic carbocycles. The largest absolute Gasteiger partial charge is 0.320 e. The van der Waals surface area contributed by atoms with Crippen LogP contribution in [-0.2, 0) is 0 Å². The highest BCUT2D eigenvalue weighted by atomic mass is 14.8. The Bertz CT molecular complexity index is 748. The van der Waals surface area contributed by atoms with E-state index in [9.17, 15) is 0 Å². The second-order valence-corrected chi connectivity index (χ2v) is 5.60. The normalized spacial score (nSPS) is 12.8. The minimum atomic E-state index is -0.141. The van der Waals surface area contributed by atoms with Crippen molar-refractivity contribution in [3.63, 3.8) is 0 Å². The van der Waals surface area contributed by atoms with Crippen LogP contribution in [-0.4, -0.2) is 9.97 Å². The first kappa shape index (κ1) is 13.7. The average molecular weight is 277 g/mol. The van der Waals surface area contributed by atoms with Crippen molar-refractivity contribution in [3.8, 4) is 0 Å². The first-order chi connectivity index (χ1) is 10.1. The summed E-state index contributed by atoms with van der Waals surface area (Å²) in [6.07, 6.45) is 3.40. The predicted molar refractivity (Wildman–Crippen MR) is 86.1 cm³/mol. The molecule has 106 valence electrons. The number of nitrogens with zero attached hydrogens (tertiary/aromatic N) is 2. The molecular weight excluding hydrogens is 258 g/mol. The van der Waals surface area contributed by atoms with Crippen LogP contribution in [0, 0.1) is 0 Å². The third kappa shape index (κ3) is 2.78. The number of hydrogen-bond acceptors (Lipinski definition) is 3. The molecule has 3 rings (SSSR count). The molecule has 0 fully saturated rings. The maximum atomic E-state index is 6.39. The van der Waals surface area contributed by atoms with E-state index in [0.29, 0.717) is 5.92 Å². The molecule has 0 aliphatic heterocycles. The standard InChI is InChI=1S/C18H19N3/c1-12(2)13-3-5-14(6-4-13)18(19)15-7-8-16-17(11-15)21-10-9-20-16/h3-12,18H,19H2,1-2H3. The molecule has 1 heterocycles. The van der Waals surface area contributed by atoms with Crippen molar-refractivity contribution < 1.29 is 0 Å². The van der Waals surface area contributed by atoms with Crippen LogP contribution in [0.1, 0.15) is 42.5 Å². The average Bonchev–Trinajstić information content (AvgIpc) is 2.54.